The average Bonchev–Trinajstić information content (AvgIpc) is 2.77. The van der Waals surface area contributed by atoms with E-state index >= 15 is 0 Å². The number of nitrogens with two attached hydrogens (primary N) is 1. The zero-order chi connectivity index (χ0) is 12.3. The summed E-state index contributed by atoms with van der Waals surface area (Å²) in [4.78, 5) is 4.32. The third-order valence-electron chi connectivity index (χ3n) is 2.59. The Kier molecular flexibility index (Phi) is 5.31. The molecule has 2 aromatic rings. The van der Waals surface area contributed by atoms with Crippen LogP contribution in [0.4, 0.5) is 0 Å². The van der Waals surface area contributed by atoms with Crippen LogP contribution in [0.2, 0.25) is 0 Å². The molecule has 18 heavy (non-hydrogen) atoms. The molecule has 98 valence electrons. The van der Waals surface area contributed by atoms with Crippen LogP contribution >= 0.6 is 12.4 Å². The van der Waals surface area contributed by atoms with Crippen LogP contribution in [-0.2, 0) is 12.8 Å². The first kappa shape index (κ1) is 14.7. The Morgan fingerprint density at radius 2 is 1.94 bits per heavy atom. The van der Waals surface area contributed by atoms with Crippen molar-refractivity contribution in [1.29, 1.82) is 0 Å². The van der Waals surface area contributed by atoms with Gasteiger partial charge in [0.15, 0.2) is 0 Å². The lowest BCUT2D eigenvalue weighted by atomic mass is 10.1. The van der Waals surface area contributed by atoms with Gasteiger partial charge in [-0.25, -0.2) is 0 Å². The van der Waals surface area contributed by atoms with E-state index in [1.165, 1.54) is 5.56 Å². The van der Waals surface area contributed by atoms with Crippen LogP contribution in [0.15, 0.2) is 28.8 Å². The maximum absolute atomic E-state index is 5.68. The Balaban J connectivity index is 0.00000162. The maximum atomic E-state index is 5.68. The molecular formula is C13H18ClN3O. The highest BCUT2D eigenvalue weighted by Gasteiger charge is 2.09. The highest BCUT2D eigenvalue weighted by molar-refractivity contribution is 5.85. The number of benzene rings is 1. The Bertz CT molecular complexity index is 479. The van der Waals surface area contributed by atoms with Gasteiger partial charge in [-0.3, -0.25) is 0 Å². The fraction of sp³-hybridized carbons (Fsp3) is 0.385. The van der Waals surface area contributed by atoms with E-state index in [1.54, 1.807) is 0 Å². The molecule has 2 rings (SSSR count). The Morgan fingerprint density at radius 3 is 2.50 bits per heavy atom. The van der Waals surface area contributed by atoms with Gasteiger partial charge in [-0.2, -0.15) is 4.98 Å². The molecule has 1 atom stereocenters. The summed E-state index contributed by atoms with van der Waals surface area (Å²) in [6, 6.07) is 8.22. The van der Waals surface area contributed by atoms with Crippen molar-refractivity contribution in [3.8, 4) is 11.4 Å². The molecule has 0 saturated heterocycles. The molecule has 0 radical (unpaired) electrons. The van der Waals surface area contributed by atoms with Gasteiger partial charge in [0.05, 0.1) is 0 Å². The third-order valence-corrected chi connectivity index (χ3v) is 2.59. The number of aromatic nitrogens is 2. The summed E-state index contributed by atoms with van der Waals surface area (Å²) >= 11 is 0. The molecule has 1 aromatic carbocycles. The summed E-state index contributed by atoms with van der Waals surface area (Å²) in [7, 11) is 0. The summed E-state index contributed by atoms with van der Waals surface area (Å²) in [5.41, 5.74) is 7.96. The van der Waals surface area contributed by atoms with Crippen molar-refractivity contribution in [2.24, 2.45) is 5.73 Å². The van der Waals surface area contributed by atoms with Crippen molar-refractivity contribution in [1.82, 2.24) is 10.1 Å². The molecule has 0 bridgehead atoms. The summed E-state index contributed by atoms with van der Waals surface area (Å²) in [6.07, 6.45) is 1.64. The monoisotopic (exact) mass is 267 g/mol. The molecule has 5 heteroatoms. The van der Waals surface area contributed by atoms with Crippen LogP contribution < -0.4 is 5.73 Å². The van der Waals surface area contributed by atoms with Gasteiger partial charge < -0.3 is 10.3 Å². The fourth-order valence-corrected chi connectivity index (χ4v) is 1.62. The van der Waals surface area contributed by atoms with Gasteiger partial charge in [0.2, 0.25) is 11.7 Å². The molecule has 1 unspecified atom stereocenters. The van der Waals surface area contributed by atoms with Crippen molar-refractivity contribution in [2.45, 2.75) is 32.7 Å². The van der Waals surface area contributed by atoms with Crippen molar-refractivity contribution >= 4 is 12.4 Å². The molecule has 2 N–H and O–H groups in total. The van der Waals surface area contributed by atoms with E-state index in [2.05, 4.69) is 29.2 Å². The first-order chi connectivity index (χ1) is 8.19. The van der Waals surface area contributed by atoms with Gasteiger partial charge in [-0.1, -0.05) is 36.3 Å². The Labute approximate surface area is 113 Å². The second-order valence-electron chi connectivity index (χ2n) is 4.24. The minimum Gasteiger partial charge on any atom is -0.339 e. The zero-order valence-corrected chi connectivity index (χ0v) is 11.4. The summed E-state index contributed by atoms with van der Waals surface area (Å²) in [6.45, 7) is 4.05. The largest absolute Gasteiger partial charge is 0.339 e. The van der Waals surface area contributed by atoms with Gasteiger partial charge in [-0.05, 0) is 18.9 Å². The molecule has 0 aliphatic carbocycles. The first-order valence-electron chi connectivity index (χ1n) is 5.86. The van der Waals surface area contributed by atoms with E-state index < -0.39 is 0 Å². The number of aryl methyl sites for hydroxylation is 1. The van der Waals surface area contributed by atoms with Gasteiger partial charge in [0.1, 0.15) is 0 Å². The second-order valence-corrected chi connectivity index (χ2v) is 4.24. The maximum Gasteiger partial charge on any atom is 0.228 e. The molecule has 0 aliphatic heterocycles. The zero-order valence-electron chi connectivity index (χ0n) is 10.6. The molecule has 1 aromatic heterocycles. The Morgan fingerprint density at radius 1 is 1.28 bits per heavy atom. The Hall–Kier alpha value is -1.39. The number of nitrogens with zero attached hydrogens (tertiary/aromatic N) is 2. The molecule has 0 amide bonds. The fourth-order valence-electron chi connectivity index (χ4n) is 1.62. The molecule has 0 fully saturated rings. The van der Waals surface area contributed by atoms with Gasteiger partial charge in [-0.15, -0.1) is 12.4 Å². The van der Waals surface area contributed by atoms with Crippen LogP contribution in [0.1, 0.15) is 25.3 Å². The lowest BCUT2D eigenvalue weighted by Gasteiger charge is -1.98. The predicted molar refractivity (Wildman–Crippen MR) is 73.7 cm³/mol. The standard InChI is InChI=1S/C13H17N3O.ClH/c1-3-10-4-6-11(7-5-10)13-15-12(17-16-13)8-9(2)14;/h4-7,9H,3,8,14H2,1-2H3;1H. The van der Waals surface area contributed by atoms with Crippen molar-refractivity contribution in [3.05, 3.63) is 35.7 Å². The lowest BCUT2D eigenvalue weighted by molar-refractivity contribution is 0.372. The van der Waals surface area contributed by atoms with Crippen molar-refractivity contribution in [2.75, 3.05) is 0 Å². The van der Waals surface area contributed by atoms with E-state index in [0.29, 0.717) is 18.1 Å². The summed E-state index contributed by atoms with van der Waals surface area (Å²) in [5.74, 6) is 1.22. The molecule has 0 saturated carbocycles. The van der Waals surface area contributed by atoms with Crippen LogP contribution in [0.25, 0.3) is 11.4 Å². The molecule has 4 nitrogen and oxygen atoms in total. The van der Waals surface area contributed by atoms with E-state index in [-0.39, 0.29) is 18.4 Å². The van der Waals surface area contributed by atoms with Gasteiger partial charge in [0, 0.05) is 18.0 Å². The SMILES string of the molecule is CCc1ccc(-c2noc(CC(C)N)n2)cc1.Cl. The summed E-state index contributed by atoms with van der Waals surface area (Å²) in [5, 5.41) is 3.95. The quantitative estimate of drug-likeness (QED) is 0.925. The molecule has 1 heterocycles. The smallest absolute Gasteiger partial charge is 0.228 e. The van der Waals surface area contributed by atoms with Crippen LogP contribution in [0.5, 0.6) is 0 Å². The molecule has 0 aliphatic rings. The number of hydrogen-bond acceptors (Lipinski definition) is 4. The third kappa shape index (κ3) is 3.55. The minimum atomic E-state index is 0. The van der Waals surface area contributed by atoms with E-state index in [4.69, 9.17) is 10.3 Å². The lowest BCUT2D eigenvalue weighted by Crippen LogP contribution is -2.17. The van der Waals surface area contributed by atoms with Crippen molar-refractivity contribution < 1.29 is 4.52 Å². The highest BCUT2D eigenvalue weighted by Crippen LogP contribution is 2.17. The van der Waals surface area contributed by atoms with Gasteiger partial charge >= 0.3 is 0 Å². The van der Waals surface area contributed by atoms with Crippen molar-refractivity contribution in [3.63, 3.8) is 0 Å². The van der Waals surface area contributed by atoms with Gasteiger partial charge in [0.25, 0.3) is 0 Å². The summed E-state index contributed by atoms with van der Waals surface area (Å²) < 4.78 is 5.15. The number of hydrogen-bond donors (Lipinski definition) is 1. The first-order valence-corrected chi connectivity index (χ1v) is 5.86. The highest BCUT2D eigenvalue weighted by atomic mass is 35.5. The molecular weight excluding hydrogens is 250 g/mol. The number of halogens is 1. The normalized spacial score (nSPS) is 11.9. The van der Waals surface area contributed by atoms with E-state index in [0.717, 1.165) is 12.0 Å². The predicted octanol–water partition coefficient (Wildman–Crippen LogP) is 2.61. The molecule has 0 spiro atoms. The topological polar surface area (TPSA) is 64.9 Å². The second kappa shape index (κ2) is 6.52. The van der Waals surface area contributed by atoms with Crippen LogP contribution in [0.3, 0.4) is 0 Å². The van der Waals surface area contributed by atoms with E-state index in [1.807, 2.05) is 19.1 Å². The van der Waals surface area contributed by atoms with Crippen LogP contribution in [0, 0.1) is 0 Å². The van der Waals surface area contributed by atoms with Crippen LogP contribution in [-0.4, -0.2) is 16.2 Å². The average molecular weight is 268 g/mol. The number of rotatable bonds is 4. The minimum absolute atomic E-state index is 0. The van der Waals surface area contributed by atoms with E-state index in [9.17, 15) is 0 Å².